The zero-order valence-electron chi connectivity index (χ0n) is 17.0. The first-order valence-corrected chi connectivity index (χ1v) is 10.1. The van der Waals surface area contributed by atoms with Crippen molar-refractivity contribution in [3.05, 3.63) is 101 Å². The molecule has 5 heteroatoms. The molecule has 0 saturated carbocycles. The molecule has 0 fully saturated rings. The van der Waals surface area contributed by atoms with Crippen molar-refractivity contribution in [2.24, 2.45) is 0 Å². The zero-order chi connectivity index (χ0) is 20.7. The lowest BCUT2D eigenvalue weighted by atomic mass is 10.0. The SMILES string of the molecule is CC(C)c1nn(Cc2cccc3ccccc23)c(=O)c2c1cnn2-c1ccccc1. The van der Waals surface area contributed by atoms with E-state index in [2.05, 4.69) is 43.2 Å². The quantitative estimate of drug-likeness (QED) is 0.435. The number of aromatic nitrogens is 4. The molecule has 0 N–H and O–H groups in total. The van der Waals surface area contributed by atoms with Crippen LogP contribution in [0.25, 0.3) is 27.4 Å². The summed E-state index contributed by atoms with van der Waals surface area (Å²) in [6.07, 6.45) is 1.76. The van der Waals surface area contributed by atoms with Crippen LogP contribution in [0.2, 0.25) is 0 Å². The summed E-state index contributed by atoms with van der Waals surface area (Å²) in [5.41, 5.74) is 3.25. The molecule has 0 unspecified atom stereocenters. The van der Waals surface area contributed by atoms with Gasteiger partial charge in [-0.05, 0) is 34.4 Å². The summed E-state index contributed by atoms with van der Waals surface area (Å²) in [4.78, 5) is 13.5. The van der Waals surface area contributed by atoms with Gasteiger partial charge in [0, 0.05) is 5.39 Å². The minimum Gasteiger partial charge on any atom is -0.265 e. The van der Waals surface area contributed by atoms with E-state index in [0.29, 0.717) is 12.1 Å². The lowest BCUT2D eigenvalue weighted by Crippen LogP contribution is -2.27. The number of nitrogens with zero attached hydrogens (tertiary/aromatic N) is 4. The second-order valence-corrected chi connectivity index (χ2v) is 7.80. The summed E-state index contributed by atoms with van der Waals surface area (Å²) in [5, 5.41) is 12.4. The standard InChI is InChI=1S/C25H22N4O/c1-17(2)23-22-15-26-29(20-12-4-3-5-13-20)24(22)25(30)28(27-23)16-19-11-8-10-18-9-6-7-14-21(18)19/h3-15,17H,16H2,1-2H3. The lowest BCUT2D eigenvalue weighted by Gasteiger charge is -2.13. The predicted octanol–water partition coefficient (Wildman–Crippen LogP) is 4.91. The molecule has 30 heavy (non-hydrogen) atoms. The number of rotatable bonds is 4. The van der Waals surface area contributed by atoms with Gasteiger partial charge in [-0.2, -0.15) is 10.2 Å². The highest BCUT2D eigenvalue weighted by Gasteiger charge is 2.19. The molecule has 5 nitrogen and oxygen atoms in total. The van der Waals surface area contributed by atoms with Gasteiger partial charge in [-0.15, -0.1) is 0 Å². The van der Waals surface area contributed by atoms with Crippen LogP contribution in [0.4, 0.5) is 0 Å². The summed E-state index contributed by atoms with van der Waals surface area (Å²) in [5.74, 6) is 0.167. The minimum atomic E-state index is -0.135. The molecule has 0 saturated heterocycles. The fourth-order valence-electron chi connectivity index (χ4n) is 3.98. The van der Waals surface area contributed by atoms with Crippen LogP contribution in [0.3, 0.4) is 0 Å². The predicted molar refractivity (Wildman–Crippen MR) is 120 cm³/mol. The minimum absolute atomic E-state index is 0.135. The Morgan fingerprint density at radius 3 is 2.40 bits per heavy atom. The third kappa shape index (κ3) is 2.99. The molecule has 0 aliphatic carbocycles. The third-order valence-electron chi connectivity index (χ3n) is 5.46. The van der Waals surface area contributed by atoms with Crippen molar-refractivity contribution < 1.29 is 0 Å². The van der Waals surface area contributed by atoms with Crippen LogP contribution in [0, 0.1) is 0 Å². The van der Waals surface area contributed by atoms with Crippen molar-refractivity contribution in [3.63, 3.8) is 0 Å². The molecule has 0 aliphatic rings. The lowest BCUT2D eigenvalue weighted by molar-refractivity contribution is 0.614. The van der Waals surface area contributed by atoms with Gasteiger partial charge >= 0.3 is 0 Å². The summed E-state index contributed by atoms with van der Waals surface area (Å²) in [6, 6.07) is 24.2. The molecule has 3 aromatic carbocycles. The van der Waals surface area contributed by atoms with E-state index >= 15 is 0 Å². The average molecular weight is 394 g/mol. The summed E-state index contributed by atoms with van der Waals surface area (Å²) in [6.45, 7) is 4.60. The van der Waals surface area contributed by atoms with Crippen molar-refractivity contribution in [3.8, 4) is 5.69 Å². The second-order valence-electron chi connectivity index (χ2n) is 7.80. The van der Waals surface area contributed by atoms with E-state index in [1.54, 1.807) is 15.6 Å². The number of hydrogen-bond donors (Lipinski definition) is 0. The zero-order valence-corrected chi connectivity index (χ0v) is 17.0. The van der Waals surface area contributed by atoms with Gasteiger partial charge in [0.25, 0.3) is 5.56 Å². The normalized spacial score (nSPS) is 11.6. The maximum absolute atomic E-state index is 13.5. The fraction of sp³-hybridized carbons (Fsp3) is 0.160. The Bertz CT molecular complexity index is 1410. The first-order chi connectivity index (χ1) is 14.6. The number of fused-ring (bicyclic) bond motifs is 2. The van der Waals surface area contributed by atoms with Gasteiger partial charge in [-0.3, -0.25) is 4.79 Å². The van der Waals surface area contributed by atoms with Gasteiger partial charge in [-0.25, -0.2) is 9.36 Å². The Kier molecular flexibility index (Phi) is 4.43. The van der Waals surface area contributed by atoms with E-state index in [-0.39, 0.29) is 11.5 Å². The highest BCUT2D eigenvalue weighted by atomic mass is 16.1. The van der Waals surface area contributed by atoms with Gasteiger partial charge in [0.05, 0.1) is 24.1 Å². The largest absolute Gasteiger partial charge is 0.293 e. The monoisotopic (exact) mass is 394 g/mol. The van der Waals surface area contributed by atoms with E-state index in [4.69, 9.17) is 5.10 Å². The van der Waals surface area contributed by atoms with E-state index in [9.17, 15) is 4.79 Å². The summed E-state index contributed by atoms with van der Waals surface area (Å²) < 4.78 is 3.31. The topological polar surface area (TPSA) is 52.7 Å². The van der Waals surface area contributed by atoms with Gasteiger partial charge in [-0.1, -0.05) is 74.5 Å². The summed E-state index contributed by atoms with van der Waals surface area (Å²) in [7, 11) is 0. The number of benzene rings is 3. The van der Waals surface area contributed by atoms with Crippen molar-refractivity contribution in [1.29, 1.82) is 0 Å². The average Bonchev–Trinajstić information content (AvgIpc) is 3.22. The molecule has 2 heterocycles. The Labute approximate surface area is 174 Å². The first kappa shape index (κ1) is 18.3. The Morgan fingerprint density at radius 2 is 1.60 bits per heavy atom. The van der Waals surface area contributed by atoms with Crippen LogP contribution in [-0.2, 0) is 6.54 Å². The molecule has 148 valence electrons. The summed E-state index contributed by atoms with van der Waals surface area (Å²) >= 11 is 0. The highest BCUT2D eigenvalue weighted by Crippen LogP contribution is 2.24. The smallest absolute Gasteiger partial charge is 0.265 e. The molecule has 0 bridgehead atoms. The third-order valence-corrected chi connectivity index (χ3v) is 5.46. The van der Waals surface area contributed by atoms with Crippen LogP contribution in [-0.4, -0.2) is 19.6 Å². The van der Waals surface area contributed by atoms with Gasteiger partial charge < -0.3 is 0 Å². The van der Waals surface area contributed by atoms with Crippen molar-refractivity contribution >= 4 is 21.7 Å². The van der Waals surface area contributed by atoms with Crippen LogP contribution < -0.4 is 5.56 Å². The van der Waals surface area contributed by atoms with E-state index in [0.717, 1.165) is 33.1 Å². The van der Waals surface area contributed by atoms with E-state index < -0.39 is 0 Å². The molecular formula is C25H22N4O. The van der Waals surface area contributed by atoms with Crippen LogP contribution in [0.15, 0.2) is 83.8 Å². The van der Waals surface area contributed by atoms with Gasteiger partial charge in [0.2, 0.25) is 0 Å². The molecule has 2 aromatic heterocycles. The fourth-order valence-corrected chi connectivity index (χ4v) is 3.98. The maximum Gasteiger partial charge on any atom is 0.293 e. The molecular weight excluding hydrogens is 372 g/mol. The molecule has 0 spiro atoms. The molecule has 0 atom stereocenters. The molecule has 0 aliphatic heterocycles. The van der Waals surface area contributed by atoms with Crippen LogP contribution in [0.1, 0.15) is 31.0 Å². The van der Waals surface area contributed by atoms with Crippen molar-refractivity contribution in [1.82, 2.24) is 19.6 Å². The first-order valence-electron chi connectivity index (χ1n) is 10.1. The van der Waals surface area contributed by atoms with E-state index in [1.165, 1.54) is 0 Å². The highest BCUT2D eigenvalue weighted by molar-refractivity contribution is 5.86. The Morgan fingerprint density at radius 1 is 0.867 bits per heavy atom. The Balaban J connectivity index is 1.74. The molecule has 0 amide bonds. The number of para-hydroxylation sites is 1. The van der Waals surface area contributed by atoms with Gasteiger partial charge in [0.1, 0.15) is 5.52 Å². The van der Waals surface area contributed by atoms with Crippen LogP contribution in [0.5, 0.6) is 0 Å². The van der Waals surface area contributed by atoms with Crippen molar-refractivity contribution in [2.75, 3.05) is 0 Å². The molecule has 0 radical (unpaired) electrons. The maximum atomic E-state index is 13.5. The second kappa shape index (κ2) is 7.26. The van der Waals surface area contributed by atoms with E-state index in [1.807, 2.05) is 48.5 Å². The van der Waals surface area contributed by atoms with Gasteiger partial charge in [0.15, 0.2) is 0 Å². The van der Waals surface area contributed by atoms with Crippen molar-refractivity contribution in [2.45, 2.75) is 26.3 Å². The molecule has 5 rings (SSSR count). The van der Waals surface area contributed by atoms with Crippen LogP contribution >= 0.6 is 0 Å². The number of hydrogen-bond acceptors (Lipinski definition) is 3. The Hall–Kier alpha value is -3.73. The molecule has 5 aromatic rings.